The van der Waals surface area contributed by atoms with E-state index in [1.54, 1.807) is 18.4 Å². The maximum atomic E-state index is 8.75. The predicted molar refractivity (Wildman–Crippen MR) is 70.8 cm³/mol. The molecule has 0 atom stereocenters. The van der Waals surface area contributed by atoms with Crippen LogP contribution in [0.5, 0.6) is 5.75 Å². The van der Waals surface area contributed by atoms with Crippen LogP contribution in [0.15, 0.2) is 18.2 Å². The van der Waals surface area contributed by atoms with E-state index in [2.05, 4.69) is 17.1 Å². The molecule has 0 fully saturated rings. The number of hydrogen-bond acceptors (Lipinski definition) is 4. The minimum atomic E-state index is 0.400. The van der Waals surface area contributed by atoms with E-state index in [0.717, 1.165) is 34.9 Å². The van der Waals surface area contributed by atoms with E-state index in [1.165, 1.54) is 10.4 Å². The van der Waals surface area contributed by atoms with Crippen LogP contribution in [-0.2, 0) is 19.3 Å². The molecule has 4 heteroatoms. The van der Waals surface area contributed by atoms with Crippen LogP contribution in [0.25, 0.3) is 11.3 Å². The Bertz CT molecular complexity index is 640. The van der Waals surface area contributed by atoms with E-state index in [9.17, 15) is 0 Å². The summed E-state index contributed by atoms with van der Waals surface area (Å²) in [5.74, 6) is 0.858. The van der Waals surface area contributed by atoms with E-state index in [4.69, 9.17) is 10.00 Å². The van der Waals surface area contributed by atoms with Gasteiger partial charge in [0.25, 0.3) is 0 Å². The zero-order chi connectivity index (χ0) is 12.5. The lowest BCUT2D eigenvalue weighted by Gasteiger charge is -2.15. The minimum Gasteiger partial charge on any atom is -0.497 e. The molecule has 0 saturated heterocycles. The Hall–Kier alpha value is -1.86. The van der Waals surface area contributed by atoms with Crippen molar-refractivity contribution in [2.45, 2.75) is 19.3 Å². The van der Waals surface area contributed by atoms with Crippen molar-refractivity contribution in [2.75, 3.05) is 7.11 Å². The number of nitriles is 1. The second-order valence-corrected chi connectivity index (χ2v) is 5.41. The van der Waals surface area contributed by atoms with Crippen molar-refractivity contribution in [3.05, 3.63) is 33.6 Å². The smallest absolute Gasteiger partial charge is 0.119 e. The summed E-state index contributed by atoms with van der Waals surface area (Å²) in [7, 11) is 1.67. The average molecular weight is 256 g/mol. The molecule has 2 aromatic rings. The fourth-order valence-corrected chi connectivity index (χ4v) is 3.31. The molecule has 1 aromatic carbocycles. The average Bonchev–Trinajstić information content (AvgIpc) is 2.81. The number of ether oxygens (including phenoxy) is 1. The Labute approximate surface area is 110 Å². The number of aryl methyl sites for hydroxylation is 2. The van der Waals surface area contributed by atoms with Gasteiger partial charge < -0.3 is 4.74 Å². The van der Waals surface area contributed by atoms with E-state index in [0.29, 0.717) is 6.42 Å². The number of nitrogens with zero attached hydrogens (tertiary/aromatic N) is 2. The molecule has 0 amide bonds. The number of benzene rings is 1. The van der Waals surface area contributed by atoms with Crippen LogP contribution in [0.1, 0.15) is 15.4 Å². The number of hydrogen-bond donors (Lipinski definition) is 0. The number of thiazole rings is 1. The minimum absolute atomic E-state index is 0.400. The van der Waals surface area contributed by atoms with Crippen LogP contribution in [0.3, 0.4) is 0 Å². The van der Waals surface area contributed by atoms with Gasteiger partial charge in [0.2, 0.25) is 0 Å². The molecular weight excluding hydrogens is 244 g/mol. The second kappa shape index (κ2) is 4.43. The fraction of sp³-hybridized carbons (Fsp3) is 0.286. The highest BCUT2D eigenvalue weighted by atomic mass is 32.1. The number of methoxy groups -OCH3 is 1. The van der Waals surface area contributed by atoms with Crippen LogP contribution in [-0.4, -0.2) is 12.1 Å². The molecule has 1 aliphatic rings. The summed E-state index contributed by atoms with van der Waals surface area (Å²) in [5.41, 5.74) is 3.53. The Morgan fingerprint density at radius 1 is 1.44 bits per heavy atom. The molecule has 3 rings (SSSR count). The lowest BCUT2D eigenvalue weighted by atomic mass is 9.93. The third kappa shape index (κ3) is 1.77. The summed E-state index contributed by atoms with van der Waals surface area (Å²) < 4.78 is 5.27. The van der Waals surface area contributed by atoms with Gasteiger partial charge in [-0.3, -0.25) is 0 Å². The Kier molecular flexibility index (Phi) is 2.77. The molecule has 1 aromatic heterocycles. The van der Waals surface area contributed by atoms with Gasteiger partial charge in [0, 0.05) is 10.4 Å². The van der Waals surface area contributed by atoms with Crippen molar-refractivity contribution in [1.29, 1.82) is 5.26 Å². The topological polar surface area (TPSA) is 45.9 Å². The molecule has 18 heavy (non-hydrogen) atoms. The van der Waals surface area contributed by atoms with Crippen LogP contribution in [0.4, 0.5) is 0 Å². The summed E-state index contributed by atoms with van der Waals surface area (Å²) in [5, 5.41) is 9.67. The monoisotopic (exact) mass is 256 g/mol. The van der Waals surface area contributed by atoms with Crippen molar-refractivity contribution in [2.24, 2.45) is 0 Å². The molecule has 0 unspecified atom stereocenters. The van der Waals surface area contributed by atoms with E-state index < -0.39 is 0 Å². The summed E-state index contributed by atoms with van der Waals surface area (Å²) in [6.45, 7) is 0. The maximum Gasteiger partial charge on any atom is 0.119 e. The molecule has 0 spiro atoms. The summed E-state index contributed by atoms with van der Waals surface area (Å²) in [6.07, 6.45) is 2.47. The third-order valence-corrected chi connectivity index (χ3v) is 4.28. The van der Waals surface area contributed by atoms with Crippen LogP contribution in [0, 0.1) is 11.3 Å². The van der Waals surface area contributed by atoms with Crippen molar-refractivity contribution in [1.82, 2.24) is 4.98 Å². The van der Waals surface area contributed by atoms with Crippen LogP contribution >= 0.6 is 11.3 Å². The van der Waals surface area contributed by atoms with Gasteiger partial charge in [-0.15, -0.1) is 11.3 Å². The zero-order valence-corrected chi connectivity index (χ0v) is 10.9. The molecule has 0 bridgehead atoms. The lowest BCUT2D eigenvalue weighted by molar-refractivity contribution is 0.415. The van der Waals surface area contributed by atoms with E-state index >= 15 is 0 Å². The Balaban J connectivity index is 2.12. The molecule has 1 aliphatic carbocycles. The van der Waals surface area contributed by atoms with E-state index in [1.807, 2.05) is 12.1 Å². The summed E-state index contributed by atoms with van der Waals surface area (Å²) in [6, 6.07) is 8.31. The first kappa shape index (κ1) is 11.2. The first-order valence-corrected chi connectivity index (χ1v) is 6.66. The summed E-state index contributed by atoms with van der Waals surface area (Å²) in [4.78, 5) is 5.89. The molecule has 0 radical (unpaired) electrons. The first-order chi connectivity index (χ1) is 8.81. The van der Waals surface area contributed by atoms with Crippen molar-refractivity contribution < 1.29 is 4.74 Å². The normalized spacial score (nSPS) is 12.4. The van der Waals surface area contributed by atoms with Crippen molar-refractivity contribution >= 4 is 11.3 Å². The van der Waals surface area contributed by atoms with Crippen LogP contribution < -0.4 is 4.74 Å². The highest BCUT2D eigenvalue weighted by Crippen LogP contribution is 2.38. The second-order valence-electron chi connectivity index (χ2n) is 4.24. The van der Waals surface area contributed by atoms with Gasteiger partial charge in [-0.05, 0) is 30.5 Å². The molecule has 1 heterocycles. The van der Waals surface area contributed by atoms with Gasteiger partial charge in [0.15, 0.2) is 0 Å². The highest BCUT2D eigenvalue weighted by Gasteiger charge is 2.21. The van der Waals surface area contributed by atoms with Gasteiger partial charge in [0.05, 0.1) is 25.3 Å². The van der Waals surface area contributed by atoms with E-state index in [-0.39, 0.29) is 0 Å². The number of aromatic nitrogens is 1. The first-order valence-electron chi connectivity index (χ1n) is 5.84. The number of rotatable bonds is 2. The van der Waals surface area contributed by atoms with Gasteiger partial charge in [-0.1, -0.05) is 6.07 Å². The fourth-order valence-electron chi connectivity index (χ4n) is 2.29. The van der Waals surface area contributed by atoms with Gasteiger partial charge in [-0.2, -0.15) is 5.26 Å². The molecule has 0 aliphatic heterocycles. The molecule has 90 valence electrons. The van der Waals surface area contributed by atoms with Gasteiger partial charge >= 0.3 is 0 Å². The molecule has 3 nitrogen and oxygen atoms in total. The zero-order valence-electron chi connectivity index (χ0n) is 10.1. The third-order valence-electron chi connectivity index (χ3n) is 3.17. The largest absolute Gasteiger partial charge is 0.497 e. The molecule has 0 saturated carbocycles. The highest BCUT2D eigenvalue weighted by molar-refractivity contribution is 7.12. The van der Waals surface area contributed by atoms with Gasteiger partial charge in [0.1, 0.15) is 10.8 Å². The van der Waals surface area contributed by atoms with Gasteiger partial charge in [-0.25, -0.2) is 4.98 Å². The van der Waals surface area contributed by atoms with Crippen molar-refractivity contribution in [3.63, 3.8) is 0 Å². The SMILES string of the molecule is COc1ccc2c(c1)-c1nc(CC#N)sc1CC2. The maximum absolute atomic E-state index is 8.75. The molecule has 0 N–H and O–H groups in total. The van der Waals surface area contributed by atoms with Crippen LogP contribution in [0.2, 0.25) is 0 Å². The Morgan fingerprint density at radius 2 is 2.33 bits per heavy atom. The lowest BCUT2D eigenvalue weighted by Crippen LogP contribution is -2.02. The quantitative estimate of drug-likeness (QED) is 0.829. The Morgan fingerprint density at radius 3 is 3.11 bits per heavy atom. The summed E-state index contributed by atoms with van der Waals surface area (Å²) >= 11 is 1.66. The molecular formula is C14H12N2OS. The van der Waals surface area contributed by atoms with Crippen molar-refractivity contribution in [3.8, 4) is 23.1 Å². The predicted octanol–water partition coefficient (Wildman–Crippen LogP) is 2.98. The standard InChI is InChI=1S/C14H12N2OS/c1-17-10-4-2-9-3-5-12-14(11(9)8-10)16-13(18-12)6-7-15/h2,4,8H,3,5-6H2,1H3. The number of fused-ring (bicyclic) bond motifs is 3.